The van der Waals surface area contributed by atoms with Gasteiger partial charge in [0.1, 0.15) is 5.76 Å². The highest BCUT2D eigenvalue weighted by Gasteiger charge is 2.37. The number of ether oxygens (including phenoxy) is 2. The molecule has 0 saturated carbocycles. The summed E-state index contributed by atoms with van der Waals surface area (Å²) in [4.78, 5) is 41.6. The van der Waals surface area contributed by atoms with Crippen LogP contribution in [0, 0.1) is 0 Å². The van der Waals surface area contributed by atoms with Crippen LogP contribution in [0.5, 0.6) is 11.5 Å². The monoisotopic (exact) mass is 513 g/mol. The molecule has 0 saturated heterocycles. The zero-order valence-corrected chi connectivity index (χ0v) is 21.8. The van der Waals surface area contributed by atoms with Crippen molar-refractivity contribution >= 4 is 34.7 Å². The number of hydrogen-bond acceptors (Lipinski definition) is 7. The summed E-state index contributed by atoms with van der Waals surface area (Å²) in [6, 6.07) is 10.5. The molecule has 0 radical (unpaired) electrons. The average molecular weight is 514 g/mol. The summed E-state index contributed by atoms with van der Waals surface area (Å²) in [5, 5.41) is 7.43. The van der Waals surface area contributed by atoms with E-state index in [1.165, 1.54) is 36.7 Å². The first-order valence-corrected chi connectivity index (χ1v) is 12.3. The van der Waals surface area contributed by atoms with Crippen molar-refractivity contribution in [3.63, 3.8) is 0 Å². The largest absolute Gasteiger partial charge is 0.493 e. The lowest BCUT2D eigenvalue weighted by atomic mass is 10.0. The van der Waals surface area contributed by atoms with Gasteiger partial charge in [0.25, 0.3) is 11.8 Å². The maximum atomic E-state index is 13.7. The normalized spacial score (nSPS) is 11.9. The minimum atomic E-state index is -1.14. The number of carbonyl (C=O) groups excluding carboxylic acids is 3. The van der Waals surface area contributed by atoms with Crippen molar-refractivity contribution in [2.24, 2.45) is 0 Å². The van der Waals surface area contributed by atoms with Crippen LogP contribution in [0.2, 0.25) is 0 Å². The third kappa shape index (κ3) is 6.25. The molecule has 36 heavy (non-hydrogen) atoms. The van der Waals surface area contributed by atoms with Gasteiger partial charge in [-0.25, -0.2) is 0 Å². The van der Waals surface area contributed by atoms with Crippen LogP contribution < -0.4 is 25.0 Å². The number of carbonyl (C=O) groups is 3. The molecule has 2 N–H and O–H groups in total. The molecule has 1 aromatic carbocycles. The third-order valence-corrected chi connectivity index (χ3v) is 6.59. The SMILES string of the molecule is CCC(C)(C)NC(=O)[C@H](c1ccco1)N(C(=O)CNC(=O)c1cccs1)c1ccc(OC)c(OC)c1. The molecule has 0 aliphatic carbocycles. The van der Waals surface area contributed by atoms with Crippen molar-refractivity contribution in [2.75, 3.05) is 25.7 Å². The van der Waals surface area contributed by atoms with Gasteiger partial charge in [-0.15, -0.1) is 11.3 Å². The molecule has 2 heterocycles. The lowest BCUT2D eigenvalue weighted by Crippen LogP contribution is -2.52. The van der Waals surface area contributed by atoms with E-state index in [2.05, 4.69) is 10.6 Å². The number of hydrogen-bond donors (Lipinski definition) is 2. The van der Waals surface area contributed by atoms with E-state index >= 15 is 0 Å². The van der Waals surface area contributed by atoms with Crippen LogP contribution in [0.3, 0.4) is 0 Å². The van der Waals surface area contributed by atoms with Crippen molar-refractivity contribution in [3.8, 4) is 11.5 Å². The summed E-state index contributed by atoms with van der Waals surface area (Å²) >= 11 is 1.27. The molecule has 0 unspecified atom stereocenters. The molecule has 10 heteroatoms. The molecule has 9 nitrogen and oxygen atoms in total. The molecule has 0 aliphatic rings. The van der Waals surface area contributed by atoms with Gasteiger partial charge in [-0.05, 0) is 56.0 Å². The van der Waals surface area contributed by atoms with Crippen LogP contribution in [0.1, 0.15) is 48.7 Å². The summed E-state index contributed by atoms with van der Waals surface area (Å²) in [7, 11) is 2.99. The van der Waals surface area contributed by atoms with Crippen LogP contribution >= 0.6 is 11.3 Å². The van der Waals surface area contributed by atoms with Gasteiger partial charge >= 0.3 is 0 Å². The van der Waals surface area contributed by atoms with Crippen molar-refractivity contribution in [2.45, 2.75) is 38.8 Å². The average Bonchev–Trinajstić information content (AvgIpc) is 3.59. The molecule has 0 spiro atoms. The second-order valence-electron chi connectivity index (χ2n) is 8.61. The highest BCUT2D eigenvalue weighted by Crippen LogP contribution is 2.36. The van der Waals surface area contributed by atoms with Gasteiger partial charge in [0.05, 0.1) is 31.9 Å². The number of thiophene rings is 1. The second kappa shape index (κ2) is 11.8. The predicted molar refractivity (Wildman–Crippen MR) is 138 cm³/mol. The van der Waals surface area contributed by atoms with Crippen LogP contribution in [-0.2, 0) is 9.59 Å². The van der Waals surface area contributed by atoms with Crippen LogP contribution in [0.4, 0.5) is 5.69 Å². The molecule has 0 aliphatic heterocycles. The summed E-state index contributed by atoms with van der Waals surface area (Å²) in [6.07, 6.45) is 2.11. The van der Waals surface area contributed by atoms with Gasteiger partial charge in [-0.3, -0.25) is 19.3 Å². The first-order chi connectivity index (χ1) is 17.2. The first kappa shape index (κ1) is 26.8. The Morgan fingerprint density at radius 3 is 2.42 bits per heavy atom. The number of anilines is 1. The molecule has 2 aromatic heterocycles. The lowest BCUT2D eigenvalue weighted by molar-refractivity contribution is -0.128. The molecular weight excluding hydrogens is 482 g/mol. The van der Waals surface area contributed by atoms with Crippen molar-refractivity contribution in [1.29, 1.82) is 0 Å². The fourth-order valence-corrected chi connectivity index (χ4v) is 4.10. The van der Waals surface area contributed by atoms with E-state index in [-0.39, 0.29) is 18.2 Å². The van der Waals surface area contributed by atoms with Crippen molar-refractivity contribution in [3.05, 3.63) is 64.7 Å². The maximum Gasteiger partial charge on any atom is 0.261 e. The molecule has 3 aromatic rings. The highest BCUT2D eigenvalue weighted by atomic mass is 32.1. The Balaban J connectivity index is 2.04. The predicted octanol–water partition coefficient (Wildman–Crippen LogP) is 4.17. The molecule has 3 rings (SSSR count). The van der Waals surface area contributed by atoms with Crippen LogP contribution in [-0.4, -0.2) is 44.0 Å². The minimum absolute atomic E-state index is 0.270. The number of methoxy groups -OCH3 is 2. The summed E-state index contributed by atoms with van der Waals surface area (Å²) < 4.78 is 16.4. The first-order valence-electron chi connectivity index (χ1n) is 11.4. The van der Waals surface area contributed by atoms with Crippen LogP contribution in [0.25, 0.3) is 0 Å². The Labute approximate surface area is 214 Å². The fourth-order valence-electron chi connectivity index (χ4n) is 3.46. The second-order valence-corrected chi connectivity index (χ2v) is 9.56. The van der Waals surface area contributed by atoms with Gasteiger partial charge in [0, 0.05) is 17.3 Å². The van der Waals surface area contributed by atoms with Crippen molar-refractivity contribution < 1.29 is 28.3 Å². The van der Waals surface area contributed by atoms with E-state index in [0.717, 1.165) is 0 Å². The number of nitrogens with one attached hydrogen (secondary N) is 2. The molecule has 192 valence electrons. The molecule has 0 bridgehead atoms. The van der Waals surface area contributed by atoms with Crippen LogP contribution in [0.15, 0.2) is 58.5 Å². The number of furan rings is 1. The molecule has 0 fully saturated rings. The maximum absolute atomic E-state index is 13.7. The summed E-state index contributed by atoms with van der Waals surface area (Å²) in [5.41, 5.74) is -0.157. The quantitative estimate of drug-likeness (QED) is 0.398. The van der Waals surface area contributed by atoms with E-state index in [1.54, 1.807) is 47.8 Å². The summed E-state index contributed by atoms with van der Waals surface area (Å²) in [5.74, 6) is -0.208. The van der Waals surface area contributed by atoms with Gasteiger partial charge in [0.2, 0.25) is 5.91 Å². The number of amides is 3. The van der Waals surface area contributed by atoms with E-state index < -0.39 is 23.4 Å². The number of rotatable bonds is 11. The van der Waals surface area contributed by atoms with E-state index in [0.29, 0.717) is 28.5 Å². The third-order valence-electron chi connectivity index (χ3n) is 5.72. The topological polar surface area (TPSA) is 110 Å². The Hall–Kier alpha value is -3.79. The van der Waals surface area contributed by atoms with E-state index in [9.17, 15) is 14.4 Å². The zero-order valence-electron chi connectivity index (χ0n) is 21.0. The van der Waals surface area contributed by atoms with Gasteiger partial charge in [-0.2, -0.15) is 0 Å². The Bertz CT molecular complexity index is 1170. The fraction of sp³-hybridized carbons (Fsp3) is 0.346. The van der Waals surface area contributed by atoms with E-state index in [1.807, 2.05) is 20.8 Å². The molecular formula is C26H31N3O6S. The smallest absolute Gasteiger partial charge is 0.261 e. The number of benzene rings is 1. The van der Waals surface area contributed by atoms with E-state index in [4.69, 9.17) is 13.9 Å². The minimum Gasteiger partial charge on any atom is -0.493 e. The Morgan fingerprint density at radius 2 is 1.83 bits per heavy atom. The van der Waals surface area contributed by atoms with Crippen molar-refractivity contribution in [1.82, 2.24) is 10.6 Å². The lowest BCUT2D eigenvalue weighted by Gasteiger charge is -2.33. The van der Waals surface area contributed by atoms with Gasteiger partial charge in [0.15, 0.2) is 17.5 Å². The Morgan fingerprint density at radius 1 is 1.08 bits per heavy atom. The zero-order chi connectivity index (χ0) is 26.3. The van der Waals surface area contributed by atoms with Gasteiger partial charge < -0.3 is 24.5 Å². The highest BCUT2D eigenvalue weighted by molar-refractivity contribution is 7.12. The molecule has 1 atom stereocenters. The summed E-state index contributed by atoms with van der Waals surface area (Å²) in [6.45, 7) is 5.41. The Kier molecular flexibility index (Phi) is 8.76. The molecule has 3 amide bonds. The number of nitrogens with zero attached hydrogens (tertiary/aromatic N) is 1. The van der Waals surface area contributed by atoms with Gasteiger partial charge in [-0.1, -0.05) is 13.0 Å². The standard InChI is InChI=1S/C26H31N3O6S/c1-6-26(2,3)28-25(32)23(19-9-7-13-35-19)29(17-11-12-18(33-4)20(15-17)34-5)22(30)16-27-24(31)21-10-8-14-36-21/h7-15,23H,6,16H2,1-5H3,(H,27,31)(H,28,32)/t23-/m0/s1.